The number of anilines is 1. The molecule has 1 heterocycles. The van der Waals surface area contributed by atoms with Crippen molar-refractivity contribution in [3.63, 3.8) is 0 Å². The van der Waals surface area contributed by atoms with E-state index in [0.717, 1.165) is 9.87 Å². The van der Waals surface area contributed by atoms with Gasteiger partial charge < -0.3 is 14.8 Å². The van der Waals surface area contributed by atoms with Gasteiger partial charge in [0.05, 0.1) is 23.7 Å². The van der Waals surface area contributed by atoms with E-state index >= 15 is 0 Å². The first-order valence-corrected chi connectivity index (χ1v) is 12.3. The van der Waals surface area contributed by atoms with Crippen molar-refractivity contribution in [2.75, 3.05) is 24.0 Å². The molecule has 3 aromatic rings. The summed E-state index contributed by atoms with van der Waals surface area (Å²) in [7, 11) is -3.98. The molecular formula is C24H22ClFN2O5S. The summed E-state index contributed by atoms with van der Waals surface area (Å²) >= 11 is 6.11. The molecule has 1 N–H and O–H groups in total. The number of nitrogens with zero attached hydrogens (tertiary/aromatic N) is 1. The monoisotopic (exact) mass is 504 g/mol. The first-order chi connectivity index (χ1) is 16.2. The highest BCUT2D eigenvalue weighted by Crippen LogP contribution is 2.38. The maximum absolute atomic E-state index is 13.4. The second-order valence-electron chi connectivity index (χ2n) is 7.66. The Balaban J connectivity index is 1.49. The van der Waals surface area contributed by atoms with E-state index in [1.54, 1.807) is 18.2 Å². The van der Waals surface area contributed by atoms with Gasteiger partial charge in [0.1, 0.15) is 23.9 Å². The van der Waals surface area contributed by atoms with Crippen LogP contribution in [0.2, 0.25) is 5.02 Å². The minimum absolute atomic E-state index is 0.0952. The van der Waals surface area contributed by atoms with Gasteiger partial charge in [-0.2, -0.15) is 0 Å². The first-order valence-electron chi connectivity index (χ1n) is 10.5. The number of fused-ring (bicyclic) bond motifs is 1. The number of benzene rings is 3. The largest absolute Gasteiger partial charge is 0.492 e. The fraction of sp³-hybridized carbons (Fsp3) is 0.208. The number of nitrogens with one attached hydrogen (secondary N) is 1. The number of sulfonamides is 1. The number of carbonyl (C=O) groups excluding carboxylic acids is 1. The van der Waals surface area contributed by atoms with Gasteiger partial charge in [0, 0.05) is 5.02 Å². The lowest BCUT2D eigenvalue weighted by atomic mass is 10.2. The van der Waals surface area contributed by atoms with Crippen LogP contribution < -0.4 is 19.1 Å². The molecule has 1 unspecified atom stereocenters. The van der Waals surface area contributed by atoms with Crippen molar-refractivity contribution in [3.8, 4) is 11.5 Å². The van der Waals surface area contributed by atoms with Crippen LogP contribution >= 0.6 is 11.6 Å². The summed E-state index contributed by atoms with van der Waals surface area (Å²) in [6.07, 6.45) is -1.08. The normalized spacial score (nSPS) is 15.3. The van der Waals surface area contributed by atoms with E-state index in [-0.39, 0.29) is 41.8 Å². The Morgan fingerprint density at radius 1 is 1.15 bits per heavy atom. The molecule has 0 aromatic heterocycles. The quantitative estimate of drug-likeness (QED) is 0.493. The molecule has 0 fully saturated rings. The van der Waals surface area contributed by atoms with Crippen LogP contribution in [0, 0.1) is 12.7 Å². The number of ether oxygens (including phenoxy) is 2. The molecule has 1 amide bonds. The van der Waals surface area contributed by atoms with E-state index < -0.39 is 22.0 Å². The lowest BCUT2D eigenvalue weighted by molar-refractivity contribution is -0.127. The van der Waals surface area contributed by atoms with Crippen LogP contribution in [-0.2, 0) is 14.8 Å². The summed E-state index contributed by atoms with van der Waals surface area (Å²) in [6, 6.07) is 16.6. The Hall–Kier alpha value is -3.30. The van der Waals surface area contributed by atoms with Gasteiger partial charge >= 0.3 is 0 Å². The molecule has 1 aliphatic heterocycles. The molecule has 0 saturated heterocycles. The van der Waals surface area contributed by atoms with Crippen LogP contribution in [0.3, 0.4) is 0 Å². The Morgan fingerprint density at radius 3 is 2.56 bits per heavy atom. The van der Waals surface area contributed by atoms with Gasteiger partial charge in [-0.1, -0.05) is 29.3 Å². The molecule has 0 spiro atoms. The van der Waals surface area contributed by atoms with Gasteiger partial charge in [0.15, 0.2) is 6.10 Å². The molecule has 1 aliphatic rings. The Morgan fingerprint density at radius 2 is 1.85 bits per heavy atom. The lowest BCUT2D eigenvalue weighted by Gasteiger charge is -2.34. The van der Waals surface area contributed by atoms with E-state index in [9.17, 15) is 17.6 Å². The van der Waals surface area contributed by atoms with Crippen LogP contribution in [-0.4, -0.2) is 40.1 Å². The zero-order chi connectivity index (χ0) is 24.3. The summed E-state index contributed by atoms with van der Waals surface area (Å²) in [6.45, 7) is 1.92. The summed E-state index contributed by atoms with van der Waals surface area (Å²) in [5.74, 6) is -0.172. The SMILES string of the molecule is Cc1ccc(S(=O)(=O)N2CC(C(=O)NCCOc3ccc(F)cc3)Oc3ccc(Cl)cc32)cc1. The molecular weight excluding hydrogens is 483 g/mol. The molecule has 34 heavy (non-hydrogen) atoms. The predicted molar refractivity (Wildman–Crippen MR) is 126 cm³/mol. The number of halogens is 2. The molecule has 0 radical (unpaired) electrons. The topological polar surface area (TPSA) is 84.9 Å². The summed E-state index contributed by atoms with van der Waals surface area (Å²) in [5, 5.41) is 3.02. The van der Waals surface area contributed by atoms with Gasteiger partial charge in [-0.05, 0) is 61.5 Å². The smallest absolute Gasteiger partial charge is 0.264 e. The number of amides is 1. The standard InChI is InChI=1S/C24H22ClFN2O5S/c1-16-2-9-20(10-3-16)34(30,31)28-15-23(33-22-11-4-17(25)14-21(22)28)24(29)27-12-13-32-19-7-5-18(26)6-8-19/h2-11,14,23H,12-13,15H2,1H3,(H,27,29). The highest BCUT2D eigenvalue weighted by atomic mass is 35.5. The third kappa shape index (κ3) is 5.26. The third-order valence-corrected chi connectivity index (χ3v) is 7.20. The average molecular weight is 505 g/mol. The van der Waals surface area contributed by atoms with Gasteiger partial charge in [-0.15, -0.1) is 0 Å². The predicted octanol–water partition coefficient (Wildman–Crippen LogP) is 3.94. The van der Waals surface area contributed by atoms with Gasteiger partial charge in [0.25, 0.3) is 15.9 Å². The van der Waals surface area contributed by atoms with E-state index in [1.165, 1.54) is 48.5 Å². The number of hydrogen-bond donors (Lipinski definition) is 1. The van der Waals surface area contributed by atoms with Crippen LogP contribution in [0.5, 0.6) is 11.5 Å². The van der Waals surface area contributed by atoms with Gasteiger partial charge in [-0.3, -0.25) is 9.10 Å². The minimum Gasteiger partial charge on any atom is -0.492 e. The second-order valence-corrected chi connectivity index (χ2v) is 9.96. The second kappa shape index (κ2) is 9.90. The fourth-order valence-electron chi connectivity index (χ4n) is 3.41. The van der Waals surface area contributed by atoms with Crippen molar-refractivity contribution < 1.29 is 27.1 Å². The van der Waals surface area contributed by atoms with Crippen molar-refractivity contribution in [2.45, 2.75) is 17.9 Å². The Bertz CT molecular complexity index is 1280. The Kier molecular flexibility index (Phi) is 6.95. The van der Waals surface area contributed by atoms with Crippen molar-refractivity contribution >= 4 is 33.2 Å². The van der Waals surface area contributed by atoms with E-state index in [4.69, 9.17) is 21.1 Å². The number of rotatable bonds is 7. The molecule has 178 valence electrons. The van der Waals surface area contributed by atoms with Gasteiger partial charge in [-0.25, -0.2) is 12.8 Å². The van der Waals surface area contributed by atoms with E-state index in [1.807, 2.05) is 6.92 Å². The fourth-order valence-corrected chi connectivity index (χ4v) is 5.05. The van der Waals surface area contributed by atoms with Crippen molar-refractivity contribution in [1.29, 1.82) is 0 Å². The minimum atomic E-state index is -3.98. The number of hydrogen-bond acceptors (Lipinski definition) is 5. The first kappa shape index (κ1) is 23.8. The van der Waals surface area contributed by atoms with Crippen LogP contribution in [0.4, 0.5) is 10.1 Å². The summed E-state index contributed by atoms with van der Waals surface area (Å²) < 4.78 is 52.2. The zero-order valence-electron chi connectivity index (χ0n) is 18.2. The summed E-state index contributed by atoms with van der Waals surface area (Å²) in [4.78, 5) is 12.9. The molecule has 0 saturated carbocycles. The molecule has 3 aromatic carbocycles. The van der Waals surface area contributed by atoms with E-state index in [0.29, 0.717) is 10.8 Å². The van der Waals surface area contributed by atoms with Crippen molar-refractivity contribution in [1.82, 2.24) is 5.32 Å². The molecule has 4 rings (SSSR count). The molecule has 1 atom stereocenters. The van der Waals surface area contributed by atoms with Crippen LogP contribution in [0.1, 0.15) is 5.56 Å². The van der Waals surface area contributed by atoms with Gasteiger partial charge in [0.2, 0.25) is 0 Å². The molecule has 0 aliphatic carbocycles. The third-order valence-electron chi connectivity index (χ3n) is 5.18. The highest BCUT2D eigenvalue weighted by molar-refractivity contribution is 7.92. The highest BCUT2D eigenvalue weighted by Gasteiger charge is 2.37. The number of carbonyl (C=O) groups is 1. The zero-order valence-corrected chi connectivity index (χ0v) is 19.8. The molecule has 10 heteroatoms. The van der Waals surface area contributed by atoms with Crippen LogP contribution in [0.25, 0.3) is 0 Å². The van der Waals surface area contributed by atoms with Crippen molar-refractivity contribution in [3.05, 3.63) is 83.1 Å². The molecule has 7 nitrogen and oxygen atoms in total. The van der Waals surface area contributed by atoms with E-state index in [2.05, 4.69) is 5.32 Å². The lowest BCUT2D eigenvalue weighted by Crippen LogP contribution is -2.51. The molecule has 0 bridgehead atoms. The number of aryl methyl sites for hydroxylation is 1. The van der Waals surface area contributed by atoms with Crippen molar-refractivity contribution in [2.24, 2.45) is 0 Å². The average Bonchev–Trinajstić information content (AvgIpc) is 2.82. The Labute approximate surface area is 202 Å². The maximum atomic E-state index is 13.4. The maximum Gasteiger partial charge on any atom is 0.264 e. The van der Waals surface area contributed by atoms with Crippen LogP contribution in [0.15, 0.2) is 71.6 Å². The summed E-state index contributed by atoms with van der Waals surface area (Å²) in [5.41, 5.74) is 1.18.